The van der Waals surface area contributed by atoms with E-state index in [0.717, 1.165) is 103 Å². The van der Waals surface area contributed by atoms with Gasteiger partial charge < -0.3 is 40.3 Å². The van der Waals surface area contributed by atoms with Crippen LogP contribution in [0.2, 0.25) is 0 Å². The molecular formula is C69H123NO8. The summed E-state index contributed by atoms with van der Waals surface area (Å²) in [5, 5.41) is 54.9. The Morgan fingerprint density at radius 3 is 1.18 bits per heavy atom. The molecule has 1 amide bonds. The number of nitrogens with one attached hydrogen (secondary N) is 1. The van der Waals surface area contributed by atoms with Gasteiger partial charge in [-0.1, -0.05) is 298 Å². The Hall–Kier alpha value is -2.63. The summed E-state index contributed by atoms with van der Waals surface area (Å²) in [6.45, 7) is 3.74. The minimum absolute atomic E-state index is 0.150. The lowest BCUT2D eigenvalue weighted by Crippen LogP contribution is -2.60. The Balaban J connectivity index is 2.18. The van der Waals surface area contributed by atoms with Crippen LogP contribution in [0.25, 0.3) is 0 Å². The molecule has 0 aliphatic carbocycles. The number of carbonyl (C=O) groups is 1. The van der Waals surface area contributed by atoms with Crippen LogP contribution in [0.3, 0.4) is 0 Å². The number of allylic oxidation sites excluding steroid dienone is 14. The molecule has 0 bridgehead atoms. The Kier molecular flexibility index (Phi) is 54.2. The van der Waals surface area contributed by atoms with Crippen molar-refractivity contribution >= 4 is 5.91 Å². The normalized spacial score (nSPS) is 19.2. The second-order valence-electron chi connectivity index (χ2n) is 22.5. The van der Waals surface area contributed by atoms with Crippen LogP contribution < -0.4 is 5.32 Å². The van der Waals surface area contributed by atoms with Crippen molar-refractivity contribution in [3.05, 3.63) is 85.1 Å². The lowest BCUT2D eigenvalue weighted by Gasteiger charge is -2.40. The molecule has 1 rings (SSSR count). The number of amides is 1. The van der Waals surface area contributed by atoms with Crippen LogP contribution in [0, 0.1) is 0 Å². The molecule has 9 heteroatoms. The average molecular weight is 1090 g/mol. The summed E-state index contributed by atoms with van der Waals surface area (Å²) in [4.78, 5) is 13.1. The summed E-state index contributed by atoms with van der Waals surface area (Å²) in [7, 11) is 0. The second-order valence-corrected chi connectivity index (χ2v) is 22.5. The molecule has 0 aromatic rings. The van der Waals surface area contributed by atoms with Crippen LogP contribution in [-0.2, 0) is 14.3 Å². The summed E-state index contributed by atoms with van der Waals surface area (Å²) in [5.41, 5.74) is 0. The molecule has 452 valence electrons. The molecule has 1 fully saturated rings. The molecular weight excluding hydrogens is 971 g/mol. The third kappa shape index (κ3) is 46.0. The van der Waals surface area contributed by atoms with E-state index in [9.17, 15) is 30.3 Å². The first-order valence-corrected chi connectivity index (χ1v) is 32.8. The maximum absolute atomic E-state index is 13.1. The lowest BCUT2D eigenvalue weighted by molar-refractivity contribution is -0.302. The highest BCUT2D eigenvalue weighted by Gasteiger charge is 2.44. The van der Waals surface area contributed by atoms with Gasteiger partial charge in [0.15, 0.2) is 6.29 Å². The summed E-state index contributed by atoms with van der Waals surface area (Å²) in [6.07, 6.45) is 74.8. The first-order chi connectivity index (χ1) is 38.3. The molecule has 9 nitrogen and oxygen atoms in total. The zero-order valence-corrected chi connectivity index (χ0v) is 50.4. The Labute approximate surface area is 480 Å². The predicted molar refractivity (Wildman–Crippen MR) is 332 cm³/mol. The van der Waals surface area contributed by atoms with Gasteiger partial charge in [0, 0.05) is 6.42 Å². The predicted octanol–water partition coefficient (Wildman–Crippen LogP) is 17.4. The van der Waals surface area contributed by atoms with Gasteiger partial charge in [-0.2, -0.15) is 0 Å². The van der Waals surface area contributed by atoms with Crippen molar-refractivity contribution in [3.63, 3.8) is 0 Å². The van der Waals surface area contributed by atoms with Crippen molar-refractivity contribution in [1.29, 1.82) is 0 Å². The molecule has 6 N–H and O–H groups in total. The third-order valence-electron chi connectivity index (χ3n) is 15.3. The van der Waals surface area contributed by atoms with Crippen LogP contribution in [-0.4, -0.2) is 87.5 Å². The fourth-order valence-corrected chi connectivity index (χ4v) is 10.1. The number of aliphatic hydroxyl groups is 5. The number of hydrogen-bond donors (Lipinski definition) is 6. The minimum atomic E-state index is -1.56. The van der Waals surface area contributed by atoms with E-state index < -0.39 is 49.5 Å². The zero-order valence-electron chi connectivity index (χ0n) is 50.4. The molecule has 0 saturated carbocycles. The first kappa shape index (κ1) is 73.4. The number of hydrogen-bond acceptors (Lipinski definition) is 8. The Bertz CT molecular complexity index is 1500. The highest BCUT2D eigenvalue weighted by atomic mass is 16.7. The van der Waals surface area contributed by atoms with E-state index in [2.05, 4.69) is 104 Å². The molecule has 0 radical (unpaired) electrons. The largest absolute Gasteiger partial charge is 0.394 e. The fourth-order valence-electron chi connectivity index (χ4n) is 10.1. The average Bonchev–Trinajstić information content (AvgIpc) is 3.45. The van der Waals surface area contributed by atoms with E-state index in [-0.39, 0.29) is 12.5 Å². The molecule has 0 aromatic carbocycles. The Morgan fingerprint density at radius 2 is 0.795 bits per heavy atom. The monoisotopic (exact) mass is 1090 g/mol. The van der Waals surface area contributed by atoms with Gasteiger partial charge in [-0.15, -0.1) is 0 Å². The van der Waals surface area contributed by atoms with Crippen molar-refractivity contribution in [2.24, 2.45) is 0 Å². The van der Waals surface area contributed by atoms with E-state index in [1.165, 1.54) is 161 Å². The fraction of sp³-hybridized carbons (Fsp3) is 0.783. The standard InChI is InChI=1S/C69H123NO8/c1-3-5-7-9-11-13-15-17-19-21-23-25-27-29-31-33-34-36-38-40-42-44-46-48-50-52-54-56-58-63(72)62(61-77-69-68(76)67(75)66(74)64(60-71)78-69)70-65(73)59-57-55-53-51-49-47-45-43-41-39-37-35-32-30-28-26-24-22-20-18-16-14-12-10-8-6-4-2/h6,8,12,14,18,20,24,26,30,32,37,39,43,45,62-64,66-69,71-72,74-76H,3-5,7,9-11,13,15-17,19,21-23,25,27-29,31,33-36,38,40-42,44,46-61H2,1-2H3,(H,70,73)/b8-6-,14-12-,20-18-,26-24-,32-30-,39-37-,45-43-. The van der Waals surface area contributed by atoms with Gasteiger partial charge in [0.2, 0.25) is 5.91 Å². The smallest absolute Gasteiger partial charge is 0.220 e. The van der Waals surface area contributed by atoms with Crippen molar-refractivity contribution in [2.45, 2.75) is 333 Å². The molecule has 1 saturated heterocycles. The van der Waals surface area contributed by atoms with Crippen molar-refractivity contribution in [1.82, 2.24) is 5.32 Å². The van der Waals surface area contributed by atoms with Gasteiger partial charge in [-0.3, -0.25) is 4.79 Å². The van der Waals surface area contributed by atoms with Crippen LogP contribution >= 0.6 is 0 Å². The quantitative estimate of drug-likeness (QED) is 0.0261. The maximum atomic E-state index is 13.1. The summed E-state index contributed by atoms with van der Waals surface area (Å²) >= 11 is 0. The van der Waals surface area contributed by atoms with E-state index in [1.54, 1.807) is 0 Å². The molecule has 0 spiro atoms. The van der Waals surface area contributed by atoms with Crippen molar-refractivity contribution < 1.29 is 39.8 Å². The summed E-state index contributed by atoms with van der Waals surface area (Å²) in [5.74, 6) is -0.163. The number of carbonyl (C=O) groups excluding carboxylic acids is 1. The number of rotatable bonds is 56. The minimum Gasteiger partial charge on any atom is -0.394 e. The third-order valence-corrected chi connectivity index (χ3v) is 15.3. The summed E-state index contributed by atoms with van der Waals surface area (Å²) in [6, 6.07) is -0.738. The van der Waals surface area contributed by atoms with Gasteiger partial charge in [0.05, 0.1) is 25.4 Å². The maximum Gasteiger partial charge on any atom is 0.220 e. The van der Waals surface area contributed by atoms with E-state index in [1.807, 2.05) is 0 Å². The second kappa shape index (κ2) is 57.6. The molecule has 0 aromatic heterocycles. The lowest BCUT2D eigenvalue weighted by atomic mass is 9.99. The summed E-state index contributed by atoms with van der Waals surface area (Å²) < 4.78 is 11.3. The highest BCUT2D eigenvalue weighted by molar-refractivity contribution is 5.76. The van der Waals surface area contributed by atoms with Crippen molar-refractivity contribution in [3.8, 4) is 0 Å². The van der Waals surface area contributed by atoms with E-state index in [0.29, 0.717) is 12.8 Å². The SMILES string of the molecule is CC/C=C\C/C=C\C/C=C\C/C=C\C/C=C\C/C=C\C/C=C\CCCCCCCC(=O)NC(COC1OC(CO)C(O)C(O)C1O)C(O)CCCCCCCCCCCCCCCCCCCCCCCCCCCCCC. The molecule has 7 atom stereocenters. The molecule has 78 heavy (non-hydrogen) atoms. The van der Waals surface area contributed by atoms with Crippen molar-refractivity contribution in [2.75, 3.05) is 13.2 Å². The molecule has 1 heterocycles. The van der Waals surface area contributed by atoms with E-state index >= 15 is 0 Å². The van der Waals surface area contributed by atoms with Gasteiger partial charge >= 0.3 is 0 Å². The van der Waals surface area contributed by atoms with Crippen LogP contribution in [0.15, 0.2) is 85.1 Å². The molecule has 7 unspecified atom stereocenters. The number of aliphatic hydroxyl groups excluding tert-OH is 5. The first-order valence-electron chi connectivity index (χ1n) is 32.8. The zero-order chi connectivity index (χ0) is 56.5. The molecule has 1 aliphatic heterocycles. The van der Waals surface area contributed by atoms with Crippen LogP contribution in [0.5, 0.6) is 0 Å². The van der Waals surface area contributed by atoms with Crippen LogP contribution in [0.4, 0.5) is 0 Å². The van der Waals surface area contributed by atoms with Gasteiger partial charge in [-0.05, 0) is 70.6 Å². The van der Waals surface area contributed by atoms with Gasteiger partial charge in [0.1, 0.15) is 24.4 Å². The number of unbranched alkanes of at least 4 members (excludes halogenated alkanes) is 32. The highest BCUT2D eigenvalue weighted by Crippen LogP contribution is 2.23. The van der Waals surface area contributed by atoms with Gasteiger partial charge in [0.25, 0.3) is 0 Å². The molecule has 1 aliphatic rings. The van der Waals surface area contributed by atoms with Crippen LogP contribution in [0.1, 0.15) is 290 Å². The Morgan fingerprint density at radius 1 is 0.449 bits per heavy atom. The number of ether oxygens (including phenoxy) is 2. The topological polar surface area (TPSA) is 149 Å². The van der Waals surface area contributed by atoms with Gasteiger partial charge in [-0.25, -0.2) is 0 Å². The van der Waals surface area contributed by atoms with E-state index in [4.69, 9.17) is 9.47 Å².